The first-order valence-corrected chi connectivity index (χ1v) is 9.67. The summed E-state index contributed by atoms with van der Waals surface area (Å²) in [5, 5.41) is 6.61. The highest BCUT2D eigenvalue weighted by Crippen LogP contribution is 2.28. The van der Waals surface area contributed by atoms with Crippen molar-refractivity contribution in [3.63, 3.8) is 0 Å². The molecule has 29 heavy (non-hydrogen) atoms. The molecule has 0 fully saturated rings. The quantitative estimate of drug-likeness (QED) is 0.470. The van der Waals surface area contributed by atoms with Crippen LogP contribution in [0.15, 0.2) is 41.4 Å². The van der Waals surface area contributed by atoms with Crippen LogP contribution in [0.5, 0.6) is 23.0 Å². The maximum Gasteiger partial charge on any atom is 0.191 e. The number of methoxy groups -OCH3 is 3. The van der Waals surface area contributed by atoms with Gasteiger partial charge in [0, 0.05) is 13.1 Å². The maximum atomic E-state index is 5.57. The number of hydrogen-bond acceptors (Lipinski definition) is 5. The summed E-state index contributed by atoms with van der Waals surface area (Å²) in [6, 6.07) is 11.7. The minimum atomic E-state index is 0.516. The highest BCUT2D eigenvalue weighted by Gasteiger charge is 2.07. The fourth-order valence-corrected chi connectivity index (χ4v) is 2.77. The predicted octanol–water partition coefficient (Wildman–Crippen LogP) is 3.37. The van der Waals surface area contributed by atoms with Gasteiger partial charge in [0.1, 0.15) is 0 Å². The first kappa shape index (κ1) is 22.2. The van der Waals surface area contributed by atoms with Gasteiger partial charge in [-0.2, -0.15) is 0 Å². The SMILES string of the molecule is CCNC(=NCc1ccc(OC)c(OC)c1)NCc1ccc(OCC)c(OC)c1. The zero-order valence-electron chi connectivity index (χ0n) is 17.9. The van der Waals surface area contributed by atoms with E-state index in [1.807, 2.05) is 50.2 Å². The standard InChI is InChI=1S/C22H31N3O4/c1-6-23-22(24-14-16-8-10-18(26-3)20(12-16)27-4)25-15-17-9-11-19(29-7-2)21(13-17)28-5/h8-13H,6-7,14-15H2,1-5H3,(H2,23,24,25). The Labute approximate surface area is 173 Å². The van der Waals surface area contributed by atoms with E-state index in [1.165, 1.54) is 0 Å². The molecule has 0 aromatic heterocycles. The second-order valence-electron chi connectivity index (χ2n) is 6.16. The number of nitrogens with one attached hydrogen (secondary N) is 2. The summed E-state index contributed by atoms with van der Waals surface area (Å²) in [6.07, 6.45) is 0. The molecule has 7 heteroatoms. The van der Waals surface area contributed by atoms with Gasteiger partial charge < -0.3 is 29.6 Å². The molecular weight excluding hydrogens is 370 g/mol. The van der Waals surface area contributed by atoms with Crippen LogP contribution in [0.4, 0.5) is 0 Å². The van der Waals surface area contributed by atoms with E-state index in [4.69, 9.17) is 18.9 Å². The zero-order chi connectivity index (χ0) is 21.1. The summed E-state index contributed by atoms with van der Waals surface area (Å²) in [5.41, 5.74) is 2.10. The number of guanidine groups is 1. The first-order chi connectivity index (χ1) is 14.1. The highest BCUT2D eigenvalue weighted by molar-refractivity contribution is 5.79. The predicted molar refractivity (Wildman–Crippen MR) is 115 cm³/mol. The number of hydrogen-bond donors (Lipinski definition) is 2. The van der Waals surface area contributed by atoms with E-state index in [0.29, 0.717) is 31.2 Å². The fraction of sp³-hybridized carbons (Fsp3) is 0.409. The lowest BCUT2D eigenvalue weighted by atomic mass is 10.2. The van der Waals surface area contributed by atoms with Crippen LogP contribution >= 0.6 is 0 Å². The maximum absolute atomic E-state index is 5.57. The average molecular weight is 402 g/mol. The fourth-order valence-electron chi connectivity index (χ4n) is 2.77. The van der Waals surface area contributed by atoms with Crippen LogP contribution in [-0.4, -0.2) is 40.4 Å². The van der Waals surface area contributed by atoms with E-state index in [1.54, 1.807) is 21.3 Å². The topological polar surface area (TPSA) is 73.3 Å². The lowest BCUT2D eigenvalue weighted by Crippen LogP contribution is -2.36. The van der Waals surface area contributed by atoms with Gasteiger partial charge in [-0.1, -0.05) is 12.1 Å². The molecule has 0 radical (unpaired) electrons. The third kappa shape index (κ3) is 6.48. The van der Waals surface area contributed by atoms with Crippen LogP contribution in [0, 0.1) is 0 Å². The summed E-state index contributed by atoms with van der Waals surface area (Å²) < 4.78 is 21.6. The van der Waals surface area contributed by atoms with E-state index >= 15 is 0 Å². The van der Waals surface area contributed by atoms with E-state index in [0.717, 1.165) is 35.1 Å². The van der Waals surface area contributed by atoms with Crippen LogP contribution < -0.4 is 29.6 Å². The minimum Gasteiger partial charge on any atom is -0.493 e. The summed E-state index contributed by atoms with van der Waals surface area (Å²) in [7, 11) is 4.89. The monoisotopic (exact) mass is 401 g/mol. The first-order valence-electron chi connectivity index (χ1n) is 9.67. The Hall–Kier alpha value is -3.09. The number of ether oxygens (including phenoxy) is 4. The molecule has 0 amide bonds. The molecule has 0 aliphatic carbocycles. The van der Waals surface area contributed by atoms with Crippen molar-refractivity contribution < 1.29 is 18.9 Å². The smallest absolute Gasteiger partial charge is 0.191 e. The van der Waals surface area contributed by atoms with Crippen LogP contribution in [0.25, 0.3) is 0 Å². The number of benzene rings is 2. The largest absolute Gasteiger partial charge is 0.493 e. The highest BCUT2D eigenvalue weighted by atomic mass is 16.5. The molecule has 158 valence electrons. The molecule has 0 spiro atoms. The molecule has 2 aromatic rings. The van der Waals surface area contributed by atoms with E-state index in [-0.39, 0.29) is 0 Å². The van der Waals surface area contributed by atoms with Crippen LogP contribution in [0.2, 0.25) is 0 Å². The third-order valence-electron chi connectivity index (χ3n) is 4.20. The van der Waals surface area contributed by atoms with Gasteiger partial charge in [-0.3, -0.25) is 0 Å². The van der Waals surface area contributed by atoms with Gasteiger partial charge in [-0.15, -0.1) is 0 Å². The third-order valence-corrected chi connectivity index (χ3v) is 4.20. The van der Waals surface area contributed by atoms with E-state index < -0.39 is 0 Å². The Kier molecular flexibility index (Phi) is 8.95. The van der Waals surface area contributed by atoms with Crippen LogP contribution in [0.1, 0.15) is 25.0 Å². The lowest BCUT2D eigenvalue weighted by Gasteiger charge is -2.14. The Morgan fingerprint density at radius 3 is 2.07 bits per heavy atom. The van der Waals surface area contributed by atoms with Gasteiger partial charge in [0.2, 0.25) is 0 Å². The van der Waals surface area contributed by atoms with Gasteiger partial charge in [0.15, 0.2) is 29.0 Å². The summed E-state index contributed by atoms with van der Waals surface area (Å²) >= 11 is 0. The van der Waals surface area contributed by atoms with Crippen molar-refractivity contribution in [1.82, 2.24) is 10.6 Å². The van der Waals surface area contributed by atoms with Crippen molar-refractivity contribution in [2.45, 2.75) is 26.9 Å². The second-order valence-corrected chi connectivity index (χ2v) is 6.16. The van der Waals surface area contributed by atoms with Crippen LogP contribution in [-0.2, 0) is 13.1 Å². The number of nitrogens with zero attached hydrogens (tertiary/aromatic N) is 1. The Balaban J connectivity index is 2.06. The normalized spacial score (nSPS) is 11.0. The van der Waals surface area contributed by atoms with Crippen molar-refractivity contribution in [3.05, 3.63) is 47.5 Å². The van der Waals surface area contributed by atoms with Crippen molar-refractivity contribution in [3.8, 4) is 23.0 Å². The molecule has 0 heterocycles. The molecule has 0 saturated carbocycles. The van der Waals surface area contributed by atoms with Crippen LogP contribution in [0.3, 0.4) is 0 Å². The second kappa shape index (κ2) is 11.7. The molecule has 7 nitrogen and oxygen atoms in total. The molecule has 0 aliphatic heterocycles. The Bertz CT molecular complexity index is 809. The van der Waals surface area contributed by atoms with E-state index in [9.17, 15) is 0 Å². The number of aliphatic imine (C=N–C) groups is 1. The molecular formula is C22H31N3O4. The Morgan fingerprint density at radius 1 is 0.793 bits per heavy atom. The minimum absolute atomic E-state index is 0.516. The molecule has 0 unspecified atom stereocenters. The molecule has 0 aliphatic rings. The summed E-state index contributed by atoms with van der Waals surface area (Å²) in [4.78, 5) is 4.66. The lowest BCUT2D eigenvalue weighted by molar-refractivity contribution is 0.310. The molecule has 0 bridgehead atoms. The number of rotatable bonds is 10. The van der Waals surface area contributed by atoms with Crippen molar-refractivity contribution >= 4 is 5.96 Å². The van der Waals surface area contributed by atoms with Gasteiger partial charge in [0.05, 0.1) is 34.5 Å². The van der Waals surface area contributed by atoms with Gasteiger partial charge in [-0.05, 0) is 49.2 Å². The molecule has 2 aromatic carbocycles. The van der Waals surface area contributed by atoms with Crippen molar-refractivity contribution in [2.75, 3.05) is 34.5 Å². The van der Waals surface area contributed by atoms with E-state index in [2.05, 4.69) is 15.6 Å². The average Bonchev–Trinajstić information content (AvgIpc) is 2.76. The van der Waals surface area contributed by atoms with Crippen molar-refractivity contribution in [2.24, 2.45) is 4.99 Å². The molecule has 2 rings (SSSR count). The Morgan fingerprint density at radius 2 is 1.41 bits per heavy atom. The van der Waals surface area contributed by atoms with Crippen molar-refractivity contribution in [1.29, 1.82) is 0 Å². The van der Waals surface area contributed by atoms with Gasteiger partial charge in [-0.25, -0.2) is 4.99 Å². The van der Waals surface area contributed by atoms with Gasteiger partial charge in [0.25, 0.3) is 0 Å². The molecule has 2 N–H and O–H groups in total. The summed E-state index contributed by atoms with van der Waals surface area (Å²) in [6.45, 7) is 6.48. The molecule has 0 saturated heterocycles. The zero-order valence-corrected chi connectivity index (χ0v) is 17.9. The molecule has 0 atom stereocenters. The van der Waals surface area contributed by atoms with Gasteiger partial charge >= 0.3 is 0 Å². The summed E-state index contributed by atoms with van der Waals surface area (Å²) in [5.74, 6) is 3.59.